The summed E-state index contributed by atoms with van der Waals surface area (Å²) in [6, 6.07) is 0. The number of amides is 1. The van der Waals surface area contributed by atoms with E-state index in [1.54, 1.807) is 4.90 Å². The summed E-state index contributed by atoms with van der Waals surface area (Å²) in [5.74, 6) is 0. The van der Waals surface area contributed by atoms with Crippen LogP contribution in [0, 0.1) is 0 Å². The molecule has 1 aliphatic rings. The van der Waals surface area contributed by atoms with Gasteiger partial charge in [-0.1, -0.05) is 6.92 Å². The van der Waals surface area contributed by atoms with Gasteiger partial charge in [0.25, 0.3) is 0 Å². The van der Waals surface area contributed by atoms with Crippen LogP contribution in [0.25, 0.3) is 0 Å². The second-order valence-electron chi connectivity index (χ2n) is 2.45. The first-order valence-corrected chi connectivity index (χ1v) is 3.76. The Morgan fingerprint density at radius 3 is 2.70 bits per heavy atom. The Hall–Kier alpha value is -0.730. The summed E-state index contributed by atoms with van der Waals surface area (Å²) in [5.41, 5.74) is 0. The van der Waals surface area contributed by atoms with E-state index in [4.69, 9.17) is 4.74 Å². The van der Waals surface area contributed by atoms with Crippen molar-refractivity contribution < 1.29 is 9.53 Å². The number of likely N-dealkylation sites (tertiary alicyclic amines) is 1. The van der Waals surface area contributed by atoms with Crippen LogP contribution in [0.15, 0.2) is 0 Å². The van der Waals surface area contributed by atoms with Crippen LogP contribution in [0.1, 0.15) is 19.8 Å². The molecule has 58 valence electrons. The van der Waals surface area contributed by atoms with Crippen molar-refractivity contribution in [2.24, 2.45) is 0 Å². The molecule has 0 aliphatic carbocycles. The molecule has 0 aromatic heterocycles. The smallest absolute Gasteiger partial charge is 0.409 e. The second kappa shape index (κ2) is 3.44. The molecule has 0 atom stereocenters. The molecule has 3 heteroatoms. The number of hydrogen-bond acceptors (Lipinski definition) is 2. The highest BCUT2D eigenvalue weighted by atomic mass is 16.6. The molecule has 0 saturated carbocycles. The molecule has 0 spiro atoms. The zero-order valence-corrected chi connectivity index (χ0v) is 6.30. The predicted octanol–water partition coefficient (Wildman–Crippen LogP) is 1.24. The minimum atomic E-state index is -0.145. The van der Waals surface area contributed by atoms with Crippen molar-refractivity contribution in [3.8, 4) is 0 Å². The van der Waals surface area contributed by atoms with E-state index < -0.39 is 0 Å². The first-order chi connectivity index (χ1) is 4.84. The molecule has 10 heavy (non-hydrogen) atoms. The highest BCUT2D eigenvalue weighted by Gasteiger charge is 2.20. The van der Waals surface area contributed by atoms with E-state index >= 15 is 0 Å². The van der Waals surface area contributed by atoms with Crippen LogP contribution in [-0.2, 0) is 4.74 Å². The Labute approximate surface area is 61.0 Å². The summed E-state index contributed by atoms with van der Waals surface area (Å²) in [4.78, 5) is 12.6. The minimum Gasteiger partial charge on any atom is -0.449 e. The van der Waals surface area contributed by atoms with E-state index in [-0.39, 0.29) is 6.09 Å². The van der Waals surface area contributed by atoms with Crippen LogP contribution in [0.5, 0.6) is 0 Å². The van der Waals surface area contributed by atoms with Gasteiger partial charge in [-0.25, -0.2) is 4.79 Å². The van der Waals surface area contributed by atoms with E-state index in [0.29, 0.717) is 6.61 Å². The number of carbonyl (C=O) groups excluding carboxylic acids is 1. The first-order valence-electron chi connectivity index (χ1n) is 3.76. The van der Waals surface area contributed by atoms with Crippen molar-refractivity contribution in [1.82, 2.24) is 4.90 Å². The fourth-order valence-corrected chi connectivity index (χ4v) is 0.779. The molecule has 0 unspecified atom stereocenters. The summed E-state index contributed by atoms with van der Waals surface area (Å²) < 4.78 is 4.88. The van der Waals surface area contributed by atoms with Gasteiger partial charge in [-0.15, -0.1) is 0 Å². The Morgan fingerprint density at radius 1 is 1.60 bits per heavy atom. The molecular formula is C7H13NO2. The molecule has 1 rings (SSSR count). The lowest BCUT2D eigenvalue weighted by Crippen LogP contribution is -2.42. The highest BCUT2D eigenvalue weighted by Crippen LogP contribution is 2.07. The molecule has 0 radical (unpaired) electrons. The van der Waals surface area contributed by atoms with E-state index in [9.17, 15) is 4.79 Å². The van der Waals surface area contributed by atoms with Gasteiger partial charge in [0.2, 0.25) is 0 Å². The van der Waals surface area contributed by atoms with Gasteiger partial charge >= 0.3 is 6.09 Å². The van der Waals surface area contributed by atoms with Crippen molar-refractivity contribution in [3.63, 3.8) is 0 Å². The number of hydrogen-bond donors (Lipinski definition) is 0. The highest BCUT2D eigenvalue weighted by molar-refractivity contribution is 5.68. The van der Waals surface area contributed by atoms with Crippen LogP contribution < -0.4 is 0 Å². The predicted molar refractivity (Wildman–Crippen MR) is 37.8 cm³/mol. The largest absolute Gasteiger partial charge is 0.449 e. The molecule has 1 saturated heterocycles. The average Bonchev–Trinajstić information content (AvgIpc) is 1.79. The average molecular weight is 143 g/mol. The fraction of sp³-hybridized carbons (Fsp3) is 0.857. The van der Waals surface area contributed by atoms with Crippen LogP contribution in [0.4, 0.5) is 4.79 Å². The standard InChI is InChI=1S/C7H13NO2/c1-2-6-10-7(9)8-4-3-5-8/h2-6H2,1H3. The van der Waals surface area contributed by atoms with Gasteiger partial charge < -0.3 is 9.64 Å². The second-order valence-corrected chi connectivity index (χ2v) is 2.45. The summed E-state index contributed by atoms with van der Waals surface area (Å²) in [6.45, 7) is 4.30. The van der Waals surface area contributed by atoms with Gasteiger partial charge in [-0.2, -0.15) is 0 Å². The Bertz CT molecular complexity index is 121. The molecule has 1 aliphatic heterocycles. The zero-order chi connectivity index (χ0) is 7.40. The summed E-state index contributed by atoms with van der Waals surface area (Å²) in [6.07, 6.45) is 1.88. The van der Waals surface area contributed by atoms with Crippen molar-refractivity contribution in [3.05, 3.63) is 0 Å². The molecule has 0 bridgehead atoms. The van der Waals surface area contributed by atoms with E-state index in [1.165, 1.54) is 0 Å². The van der Waals surface area contributed by atoms with Crippen LogP contribution in [-0.4, -0.2) is 30.7 Å². The van der Waals surface area contributed by atoms with E-state index in [2.05, 4.69) is 0 Å². The van der Waals surface area contributed by atoms with E-state index in [1.807, 2.05) is 6.92 Å². The van der Waals surface area contributed by atoms with Gasteiger partial charge in [0.15, 0.2) is 0 Å². The molecule has 0 aromatic rings. The van der Waals surface area contributed by atoms with Gasteiger partial charge in [0.05, 0.1) is 6.61 Å². The van der Waals surface area contributed by atoms with Crippen molar-refractivity contribution in [2.45, 2.75) is 19.8 Å². The van der Waals surface area contributed by atoms with Crippen molar-refractivity contribution in [2.75, 3.05) is 19.7 Å². The molecule has 1 fully saturated rings. The van der Waals surface area contributed by atoms with Crippen LogP contribution >= 0.6 is 0 Å². The third-order valence-corrected chi connectivity index (χ3v) is 1.54. The topological polar surface area (TPSA) is 29.5 Å². The lowest BCUT2D eigenvalue weighted by Gasteiger charge is -2.29. The lowest BCUT2D eigenvalue weighted by atomic mass is 10.2. The van der Waals surface area contributed by atoms with Gasteiger partial charge in [-0.3, -0.25) is 0 Å². The van der Waals surface area contributed by atoms with Gasteiger partial charge in [0.1, 0.15) is 0 Å². The first kappa shape index (κ1) is 7.38. The Morgan fingerprint density at radius 2 is 2.30 bits per heavy atom. The number of carbonyl (C=O) groups is 1. The maximum absolute atomic E-state index is 10.9. The maximum Gasteiger partial charge on any atom is 0.409 e. The number of rotatable bonds is 2. The number of ether oxygens (including phenoxy) is 1. The minimum absolute atomic E-state index is 0.145. The van der Waals surface area contributed by atoms with E-state index in [0.717, 1.165) is 25.9 Å². The Balaban J connectivity index is 2.08. The molecule has 0 N–H and O–H groups in total. The van der Waals surface area contributed by atoms with Crippen LogP contribution in [0.3, 0.4) is 0 Å². The van der Waals surface area contributed by atoms with Crippen molar-refractivity contribution in [1.29, 1.82) is 0 Å². The molecule has 1 amide bonds. The lowest BCUT2D eigenvalue weighted by molar-refractivity contribution is 0.0810. The quantitative estimate of drug-likeness (QED) is 0.582. The molecule has 3 nitrogen and oxygen atoms in total. The molecule has 0 aromatic carbocycles. The third-order valence-electron chi connectivity index (χ3n) is 1.54. The monoisotopic (exact) mass is 143 g/mol. The normalized spacial score (nSPS) is 16.3. The number of nitrogens with zero attached hydrogens (tertiary/aromatic N) is 1. The fourth-order valence-electron chi connectivity index (χ4n) is 0.779. The summed E-state index contributed by atoms with van der Waals surface area (Å²) >= 11 is 0. The SMILES string of the molecule is CCCOC(=O)N1CCC1. The summed E-state index contributed by atoms with van der Waals surface area (Å²) in [7, 11) is 0. The molecule has 1 heterocycles. The Kier molecular flexibility index (Phi) is 2.54. The van der Waals surface area contributed by atoms with Crippen LogP contribution in [0.2, 0.25) is 0 Å². The third kappa shape index (κ3) is 1.62. The maximum atomic E-state index is 10.9. The van der Waals surface area contributed by atoms with Gasteiger partial charge in [0, 0.05) is 13.1 Å². The van der Waals surface area contributed by atoms with Crippen molar-refractivity contribution >= 4 is 6.09 Å². The molecular weight excluding hydrogens is 130 g/mol. The van der Waals surface area contributed by atoms with Gasteiger partial charge in [-0.05, 0) is 12.8 Å². The zero-order valence-electron chi connectivity index (χ0n) is 6.30. The summed E-state index contributed by atoms with van der Waals surface area (Å²) in [5, 5.41) is 0.